The molecule has 0 bridgehead atoms. The van der Waals surface area contributed by atoms with Crippen LogP contribution in [-0.2, 0) is 0 Å². The molecule has 2 aliphatic heterocycles. The molecule has 20 heavy (non-hydrogen) atoms. The summed E-state index contributed by atoms with van der Waals surface area (Å²) in [5.41, 5.74) is 0.361. The molecule has 2 saturated heterocycles. The third-order valence-electron chi connectivity index (χ3n) is 4.44. The molecule has 108 valence electrons. The van der Waals surface area contributed by atoms with Crippen molar-refractivity contribution in [2.45, 2.75) is 31.7 Å². The lowest BCUT2D eigenvalue weighted by Crippen LogP contribution is -2.45. The molecule has 5 heteroatoms. The van der Waals surface area contributed by atoms with Crippen molar-refractivity contribution < 1.29 is 9.90 Å². The number of aromatic hydroxyl groups is 1. The Kier molecular flexibility index (Phi) is 3.87. The summed E-state index contributed by atoms with van der Waals surface area (Å²) in [6.07, 6.45) is 7.55. The molecule has 2 aliphatic rings. The smallest absolute Gasteiger partial charge is 0.257 e. The summed E-state index contributed by atoms with van der Waals surface area (Å²) in [6, 6.07) is 2.14. The Labute approximate surface area is 119 Å². The van der Waals surface area contributed by atoms with Gasteiger partial charge in [-0.3, -0.25) is 9.78 Å². The van der Waals surface area contributed by atoms with Crippen molar-refractivity contribution in [2.24, 2.45) is 5.92 Å². The van der Waals surface area contributed by atoms with E-state index in [4.69, 9.17) is 0 Å². The summed E-state index contributed by atoms with van der Waals surface area (Å²) in [5.74, 6) is 0.436. The Balaban J connectivity index is 1.70. The third-order valence-corrected chi connectivity index (χ3v) is 4.44. The van der Waals surface area contributed by atoms with Crippen LogP contribution in [0.25, 0.3) is 0 Å². The highest BCUT2D eigenvalue weighted by atomic mass is 16.3. The molecule has 1 aromatic rings. The molecule has 1 amide bonds. The maximum absolute atomic E-state index is 12.5. The SMILES string of the molecule is O=C(c1ccncc1O)N1CCCC(C2CCCN2)C1. The summed E-state index contributed by atoms with van der Waals surface area (Å²) in [7, 11) is 0. The lowest BCUT2D eigenvalue weighted by molar-refractivity contribution is 0.0648. The van der Waals surface area contributed by atoms with Crippen LogP contribution in [0.3, 0.4) is 0 Å². The lowest BCUT2D eigenvalue weighted by Gasteiger charge is -2.36. The molecule has 0 spiro atoms. The highest BCUT2D eigenvalue weighted by molar-refractivity contribution is 5.96. The van der Waals surface area contributed by atoms with E-state index in [9.17, 15) is 9.90 Å². The van der Waals surface area contributed by atoms with Gasteiger partial charge in [0.15, 0.2) is 0 Å². The summed E-state index contributed by atoms with van der Waals surface area (Å²) < 4.78 is 0. The molecule has 5 nitrogen and oxygen atoms in total. The number of pyridine rings is 1. The second kappa shape index (κ2) is 5.79. The summed E-state index contributed by atoms with van der Waals surface area (Å²) in [5, 5.41) is 13.3. The number of carbonyl (C=O) groups excluding carboxylic acids is 1. The van der Waals surface area contributed by atoms with Gasteiger partial charge in [0, 0.05) is 25.3 Å². The van der Waals surface area contributed by atoms with Crippen LogP contribution >= 0.6 is 0 Å². The molecule has 3 rings (SSSR count). The van der Waals surface area contributed by atoms with Gasteiger partial charge < -0.3 is 15.3 Å². The maximum Gasteiger partial charge on any atom is 0.257 e. The van der Waals surface area contributed by atoms with E-state index in [0.29, 0.717) is 17.5 Å². The van der Waals surface area contributed by atoms with Crippen molar-refractivity contribution in [3.05, 3.63) is 24.0 Å². The Bertz CT molecular complexity index is 486. The standard InChI is InChI=1S/C15H21N3O2/c19-14-9-16-7-5-12(14)15(20)18-8-2-3-11(10-18)13-4-1-6-17-13/h5,7,9,11,13,17,19H,1-4,6,8,10H2. The average molecular weight is 275 g/mol. The minimum absolute atomic E-state index is 0.0291. The molecular formula is C15H21N3O2. The fourth-order valence-electron chi connectivity index (χ4n) is 3.37. The van der Waals surface area contributed by atoms with Crippen LogP contribution in [0.5, 0.6) is 5.75 Å². The third kappa shape index (κ3) is 2.63. The zero-order valence-corrected chi connectivity index (χ0v) is 11.6. The van der Waals surface area contributed by atoms with Crippen molar-refractivity contribution in [1.29, 1.82) is 0 Å². The van der Waals surface area contributed by atoms with Crippen LogP contribution in [0.1, 0.15) is 36.0 Å². The molecule has 3 heterocycles. The number of hydrogen-bond donors (Lipinski definition) is 2. The van der Waals surface area contributed by atoms with E-state index in [0.717, 1.165) is 26.1 Å². The van der Waals surface area contributed by atoms with Crippen LogP contribution in [0.4, 0.5) is 0 Å². The van der Waals surface area contributed by atoms with E-state index in [1.54, 1.807) is 12.3 Å². The number of rotatable bonds is 2. The molecule has 0 aliphatic carbocycles. The lowest BCUT2D eigenvalue weighted by atomic mass is 9.89. The molecule has 1 aromatic heterocycles. The number of amides is 1. The quantitative estimate of drug-likeness (QED) is 0.856. The molecule has 0 radical (unpaired) electrons. The van der Waals surface area contributed by atoms with Crippen LogP contribution in [0, 0.1) is 5.92 Å². The van der Waals surface area contributed by atoms with Gasteiger partial charge in [0.05, 0.1) is 11.8 Å². The summed E-state index contributed by atoms with van der Waals surface area (Å²) in [4.78, 5) is 18.2. The number of aromatic nitrogens is 1. The second-order valence-corrected chi connectivity index (χ2v) is 5.75. The monoisotopic (exact) mass is 275 g/mol. The molecule has 0 aromatic carbocycles. The maximum atomic E-state index is 12.5. The van der Waals surface area contributed by atoms with Crippen molar-refractivity contribution in [1.82, 2.24) is 15.2 Å². The van der Waals surface area contributed by atoms with Crippen molar-refractivity contribution in [3.63, 3.8) is 0 Å². The first-order valence-corrected chi connectivity index (χ1v) is 7.41. The molecule has 2 fully saturated rings. The van der Waals surface area contributed by atoms with E-state index in [1.807, 2.05) is 4.90 Å². The normalized spacial score (nSPS) is 26.7. The second-order valence-electron chi connectivity index (χ2n) is 5.75. The zero-order chi connectivity index (χ0) is 13.9. The Morgan fingerprint density at radius 3 is 3.05 bits per heavy atom. The van der Waals surface area contributed by atoms with Crippen LogP contribution in [0.15, 0.2) is 18.5 Å². The fourth-order valence-corrected chi connectivity index (χ4v) is 3.37. The average Bonchev–Trinajstić information content (AvgIpc) is 3.01. The van der Waals surface area contributed by atoms with Gasteiger partial charge in [-0.25, -0.2) is 0 Å². The van der Waals surface area contributed by atoms with E-state index >= 15 is 0 Å². The van der Waals surface area contributed by atoms with Crippen molar-refractivity contribution in [2.75, 3.05) is 19.6 Å². The Hall–Kier alpha value is -1.62. The van der Waals surface area contributed by atoms with Gasteiger partial charge in [0.25, 0.3) is 5.91 Å². The van der Waals surface area contributed by atoms with Gasteiger partial charge in [-0.15, -0.1) is 0 Å². The number of likely N-dealkylation sites (tertiary alicyclic amines) is 1. The van der Waals surface area contributed by atoms with Gasteiger partial charge in [-0.2, -0.15) is 0 Å². The first kappa shape index (κ1) is 13.4. The van der Waals surface area contributed by atoms with Gasteiger partial charge in [0.2, 0.25) is 0 Å². The Morgan fingerprint density at radius 2 is 2.30 bits per heavy atom. The Morgan fingerprint density at radius 1 is 1.40 bits per heavy atom. The van der Waals surface area contributed by atoms with Crippen molar-refractivity contribution in [3.8, 4) is 5.75 Å². The number of piperidine rings is 1. The largest absolute Gasteiger partial charge is 0.505 e. The highest BCUT2D eigenvalue weighted by Crippen LogP contribution is 2.26. The highest BCUT2D eigenvalue weighted by Gasteiger charge is 2.31. The van der Waals surface area contributed by atoms with Gasteiger partial charge in [-0.05, 0) is 44.2 Å². The van der Waals surface area contributed by atoms with Crippen molar-refractivity contribution >= 4 is 5.91 Å². The first-order chi connectivity index (χ1) is 9.75. The number of nitrogens with zero attached hydrogens (tertiary/aromatic N) is 2. The predicted molar refractivity (Wildman–Crippen MR) is 75.6 cm³/mol. The van der Waals surface area contributed by atoms with Gasteiger partial charge in [0.1, 0.15) is 5.75 Å². The molecular weight excluding hydrogens is 254 g/mol. The minimum atomic E-state index is -0.0763. The number of hydrogen-bond acceptors (Lipinski definition) is 4. The van der Waals surface area contributed by atoms with Gasteiger partial charge in [-0.1, -0.05) is 0 Å². The fraction of sp³-hybridized carbons (Fsp3) is 0.600. The van der Waals surface area contributed by atoms with E-state index < -0.39 is 0 Å². The predicted octanol–water partition coefficient (Wildman–Crippen LogP) is 1.39. The number of nitrogens with one attached hydrogen (secondary N) is 1. The topological polar surface area (TPSA) is 65.5 Å². The first-order valence-electron chi connectivity index (χ1n) is 7.41. The molecule has 0 saturated carbocycles. The van der Waals surface area contributed by atoms with E-state index in [1.165, 1.54) is 25.5 Å². The van der Waals surface area contributed by atoms with Gasteiger partial charge >= 0.3 is 0 Å². The van der Waals surface area contributed by atoms with E-state index in [-0.39, 0.29) is 11.7 Å². The van der Waals surface area contributed by atoms with E-state index in [2.05, 4.69) is 10.3 Å². The number of carbonyl (C=O) groups is 1. The molecule has 2 N–H and O–H groups in total. The zero-order valence-electron chi connectivity index (χ0n) is 11.6. The summed E-state index contributed by atoms with van der Waals surface area (Å²) in [6.45, 7) is 2.67. The van der Waals surface area contributed by atoms with Crippen LogP contribution in [-0.4, -0.2) is 46.6 Å². The molecule has 2 atom stereocenters. The van der Waals surface area contributed by atoms with Crippen LogP contribution < -0.4 is 5.32 Å². The van der Waals surface area contributed by atoms with Crippen LogP contribution in [0.2, 0.25) is 0 Å². The summed E-state index contributed by atoms with van der Waals surface area (Å²) >= 11 is 0. The molecule has 2 unspecified atom stereocenters. The minimum Gasteiger partial charge on any atom is -0.505 e.